The Balaban J connectivity index is 2.76. The zero-order valence-electron chi connectivity index (χ0n) is 9.64. The van der Waals surface area contributed by atoms with Gasteiger partial charge in [-0.3, -0.25) is 0 Å². The van der Waals surface area contributed by atoms with Crippen molar-refractivity contribution in [2.75, 3.05) is 6.54 Å². The van der Waals surface area contributed by atoms with Gasteiger partial charge in [0.2, 0.25) is 5.29 Å². The molecule has 0 aromatic heterocycles. The third kappa shape index (κ3) is 1.83. The number of fused-ring (bicyclic) bond motifs is 1. The van der Waals surface area contributed by atoms with E-state index in [1.807, 2.05) is 13.0 Å². The van der Waals surface area contributed by atoms with Gasteiger partial charge >= 0.3 is 0 Å². The molecular formula is C11H13ClN2O2S. The van der Waals surface area contributed by atoms with Crippen LogP contribution in [0.2, 0.25) is 0 Å². The Hall–Kier alpha value is -1.07. The van der Waals surface area contributed by atoms with Crippen molar-refractivity contribution in [3.8, 4) is 0 Å². The first-order chi connectivity index (χ1) is 8.02. The third-order valence-electron chi connectivity index (χ3n) is 2.73. The summed E-state index contributed by atoms with van der Waals surface area (Å²) in [4.78, 5) is 4.43. The van der Waals surface area contributed by atoms with Crippen LogP contribution in [0.1, 0.15) is 19.4 Å². The minimum atomic E-state index is -3.54. The zero-order valence-corrected chi connectivity index (χ0v) is 11.2. The van der Waals surface area contributed by atoms with E-state index < -0.39 is 10.0 Å². The summed E-state index contributed by atoms with van der Waals surface area (Å²) in [6, 6.07) is 5.17. The third-order valence-corrected chi connectivity index (χ3v) is 5.01. The Labute approximate surface area is 106 Å². The predicted octanol–water partition coefficient (Wildman–Crippen LogP) is 2.50. The Morgan fingerprint density at radius 2 is 2.06 bits per heavy atom. The molecule has 6 heteroatoms. The van der Waals surface area contributed by atoms with Crippen LogP contribution >= 0.6 is 11.6 Å². The highest BCUT2D eigenvalue weighted by Gasteiger charge is 2.33. The summed E-state index contributed by atoms with van der Waals surface area (Å²) in [6.45, 7) is 3.96. The van der Waals surface area contributed by atoms with Crippen LogP contribution in [0.15, 0.2) is 28.1 Å². The van der Waals surface area contributed by atoms with Crippen LogP contribution in [-0.2, 0) is 16.4 Å². The molecule has 0 amide bonds. The Morgan fingerprint density at radius 1 is 1.35 bits per heavy atom. The normalized spacial score (nSPS) is 17.6. The number of para-hydroxylation sites is 1. The predicted molar refractivity (Wildman–Crippen MR) is 68.3 cm³/mol. The van der Waals surface area contributed by atoms with Gasteiger partial charge in [-0.25, -0.2) is 17.7 Å². The van der Waals surface area contributed by atoms with Crippen LogP contribution in [0.25, 0.3) is 0 Å². The van der Waals surface area contributed by atoms with Crippen LogP contribution in [0, 0.1) is 0 Å². The van der Waals surface area contributed by atoms with Crippen molar-refractivity contribution in [1.29, 1.82) is 0 Å². The summed E-state index contributed by atoms with van der Waals surface area (Å²) in [7, 11) is -3.54. The molecule has 1 heterocycles. The fraction of sp³-hybridized carbons (Fsp3) is 0.364. The van der Waals surface area contributed by atoms with Crippen LogP contribution in [0.5, 0.6) is 0 Å². The molecule has 0 unspecified atom stereocenters. The van der Waals surface area contributed by atoms with Crippen molar-refractivity contribution in [1.82, 2.24) is 4.31 Å². The summed E-state index contributed by atoms with van der Waals surface area (Å²) in [6.07, 6.45) is 0.721. The number of nitrogens with zero attached hydrogens (tertiary/aromatic N) is 2. The van der Waals surface area contributed by atoms with E-state index in [-0.39, 0.29) is 16.7 Å². The lowest BCUT2D eigenvalue weighted by Crippen LogP contribution is -2.36. The molecule has 0 N–H and O–H groups in total. The molecule has 0 fully saturated rings. The van der Waals surface area contributed by atoms with Gasteiger partial charge in [0, 0.05) is 6.54 Å². The second-order valence-corrected chi connectivity index (χ2v) is 5.84. The lowest BCUT2D eigenvalue weighted by atomic mass is 10.1. The van der Waals surface area contributed by atoms with E-state index in [9.17, 15) is 8.42 Å². The zero-order chi connectivity index (χ0) is 12.6. The molecule has 1 aliphatic heterocycles. The van der Waals surface area contributed by atoms with Crippen molar-refractivity contribution in [3.63, 3.8) is 0 Å². The molecule has 1 aliphatic rings. The minimum Gasteiger partial charge on any atom is -0.240 e. The molecule has 0 saturated carbocycles. The average Bonchev–Trinajstić information content (AvgIpc) is 2.28. The van der Waals surface area contributed by atoms with Gasteiger partial charge in [-0.2, -0.15) is 0 Å². The number of rotatable bonds is 2. The van der Waals surface area contributed by atoms with Crippen LogP contribution < -0.4 is 0 Å². The van der Waals surface area contributed by atoms with Crippen molar-refractivity contribution >= 4 is 32.6 Å². The molecule has 0 bridgehead atoms. The maximum Gasteiger partial charge on any atom is 0.268 e. The molecule has 1 aromatic carbocycles. The second-order valence-electron chi connectivity index (χ2n) is 3.67. The largest absolute Gasteiger partial charge is 0.268 e. The van der Waals surface area contributed by atoms with Crippen LogP contribution in [0.4, 0.5) is 5.69 Å². The number of hydrogen-bond donors (Lipinski definition) is 0. The monoisotopic (exact) mass is 272 g/mol. The number of hydrogen-bond acceptors (Lipinski definition) is 3. The average molecular weight is 273 g/mol. The van der Waals surface area contributed by atoms with Crippen molar-refractivity contribution in [2.45, 2.75) is 25.2 Å². The van der Waals surface area contributed by atoms with Crippen molar-refractivity contribution < 1.29 is 8.42 Å². The summed E-state index contributed by atoms with van der Waals surface area (Å²) >= 11 is 5.92. The van der Waals surface area contributed by atoms with E-state index in [0.29, 0.717) is 5.69 Å². The van der Waals surface area contributed by atoms with E-state index >= 15 is 0 Å². The van der Waals surface area contributed by atoms with Gasteiger partial charge in [0.25, 0.3) is 10.0 Å². The number of amidine groups is 1. The highest BCUT2D eigenvalue weighted by Crippen LogP contribution is 2.35. The first-order valence-corrected chi connectivity index (χ1v) is 7.23. The highest BCUT2D eigenvalue weighted by molar-refractivity contribution is 7.90. The lowest BCUT2D eigenvalue weighted by molar-refractivity contribution is 0.531. The summed E-state index contributed by atoms with van der Waals surface area (Å²) in [5, 5.41) is 0.0147. The lowest BCUT2D eigenvalue weighted by Gasteiger charge is -2.26. The molecule has 2 rings (SSSR count). The Morgan fingerprint density at radius 3 is 2.65 bits per heavy atom. The summed E-state index contributed by atoms with van der Waals surface area (Å²) < 4.78 is 25.7. The van der Waals surface area contributed by atoms with E-state index in [2.05, 4.69) is 4.99 Å². The molecule has 1 aromatic rings. The van der Waals surface area contributed by atoms with E-state index in [4.69, 9.17) is 11.6 Å². The first-order valence-electron chi connectivity index (χ1n) is 5.41. The second kappa shape index (κ2) is 4.31. The van der Waals surface area contributed by atoms with Crippen molar-refractivity contribution in [3.05, 3.63) is 23.8 Å². The van der Waals surface area contributed by atoms with Gasteiger partial charge in [0.15, 0.2) is 0 Å². The molecule has 0 atom stereocenters. The fourth-order valence-corrected chi connectivity index (χ4v) is 3.82. The molecule has 0 aliphatic carbocycles. The number of halogens is 1. The standard InChI is InChI=1S/C11H13ClN2O2S/c1-3-8-6-5-7-9-10(8)13-11(12)14(4-2)17(9,15)16/h5-7H,3-4H2,1-2H3. The van der Waals surface area contributed by atoms with Gasteiger partial charge < -0.3 is 0 Å². The van der Waals surface area contributed by atoms with Crippen molar-refractivity contribution in [2.24, 2.45) is 4.99 Å². The van der Waals surface area contributed by atoms with E-state index in [0.717, 1.165) is 16.3 Å². The molecule has 4 nitrogen and oxygen atoms in total. The van der Waals surface area contributed by atoms with Gasteiger partial charge in [0.05, 0.1) is 5.69 Å². The minimum absolute atomic E-state index is 0.0147. The number of aliphatic imine (C=N–C) groups is 1. The maximum absolute atomic E-state index is 12.3. The van der Waals surface area contributed by atoms with Gasteiger partial charge in [-0.1, -0.05) is 19.1 Å². The van der Waals surface area contributed by atoms with Gasteiger partial charge in [-0.15, -0.1) is 0 Å². The quantitative estimate of drug-likeness (QED) is 0.777. The first kappa shape index (κ1) is 12.4. The Kier molecular flexibility index (Phi) is 3.14. The molecule has 0 spiro atoms. The number of sulfonamides is 1. The maximum atomic E-state index is 12.3. The summed E-state index contributed by atoms with van der Waals surface area (Å²) in [5.41, 5.74) is 1.37. The van der Waals surface area contributed by atoms with E-state index in [1.165, 1.54) is 0 Å². The molecule has 0 saturated heterocycles. The van der Waals surface area contributed by atoms with Gasteiger partial charge in [-0.05, 0) is 36.6 Å². The summed E-state index contributed by atoms with van der Waals surface area (Å²) in [5.74, 6) is 0. The molecule has 92 valence electrons. The number of aryl methyl sites for hydroxylation is 1. The Bertz CT molecular complexity index is 581. The van der Waals surface area contributed by atoms with Crippen LogP contribution in [0.3, 0.4) is 0 Å². The highest BCUT2D eigenvalue weighted by atomic mass is 35.5. The number of benzene rings is 1. The topological polar surface area (TPSA) is 49.7 Å². The van der Waals surface area contributed by atoms with Gasteiger partial charge in [0.1, 0.15) is 4.90 Å². The van der Waals surface area contributed by atoms with E-state index in [1.54, 1.807) is 19.1 Å². The molecule has 0 radical (unpaired) electrons. The fourth-order valence-electron chi connectivity index (χ4n) is 1.85. The van der Waals surface area contributed by atoms with Crippen LogP contribution in [-0.4, -0.2) is 24.6 Å². The molecule has 17 heavy (non-hydrogen) atoms. The molecular weight excluding hydrogens is 260 g/mol. The SMILES string of the molecule is CCc1cccc2c1N=C(Cl)N(CC)S2(=O)=O. The smallest absolute Gasteiger partial charge is 0.240 e.